The lowest BCUT2D eigenvalue weighted by atomic mass is 10.2. The Labute approximate surface area is 213 Å². The standard InChI is InChI=1S/C24H22Cl2N2O6S/c1-3-34-24(30)19-14-17(10-11-20(19)26)27-23(29)15-28(21-13-16(25)9-12-22(21)33-2)35(31,32)18-7-5-4-6-8-18/h4-14H,3,15H2,1-2H3,(H,27,29). The minimum absolute atomic E-state index is 0.0223. The summed E-state index contributed by atoms with van der Waals surface area (Å²) in [5, 5.41) is 3.00. The number of sulfonamides is 1. The van der Waals surface area contributed by atoms with Gasteiger partial charge < -0.3 is 14.8 Å². The van der Waals surface area contributed by atoms with Crippen molar-refractivity contribution >= 4 is 56.5 Å². The summed E-state index contributed by atoms with van der Waals surface area (Å²) in [6, 6.07) is 16.4. The first kappa shape index (κ1) is 26.3. The molecule has 1 N–H and O–H groups in total. The Balaban J connectivity index is 1.98. The van der Waals surface area contributed by atoms with Crippen molar-refractivity contribution in [2.24, 2.45) is 0 Å². The van der Waals surface area contributed by atoms with Crippen LogP contribution in [-0.4, -0.2) is 40.6 Å². The molecule has 184 valence electrons. The number of carbonyl (C=O) groups excluding carboxylic acids is 2. The number of ether oxygens (including phenoxy) is 2. The van der Waals surface area contributed by atoms with E-state index in [0.29, 0.717) is 0 Å². The van der Waals surface area contributed by atoms with Crippen molar-refractivity contribution in [3.63, 3.8) is 0 Å². The number of methoxy groups -OCH3 is 1. The second-order valence-electron chi connectivity index (χ2n) is 7.10. The fraction of sp³-hybridized carbons (Fsp3) is 0.167. The third kappa shape index (κ3) is 6.25. The lowest BCUT2D eigenvalue weighted by Crippen LogP contribution is -2.38. The van der Waals surface area contributed by atoms with Crippen molar-refractivity contribution in [1.82, 2.24) is 0 Å². The van der Waals surface area contributed by atoms with E-state index in [2.05, 4.69) is 5.32 Å². The lowest BCUT2D eigenvalue weighted by Gasteiger charge is -2.26. The zero-order chi connectivity index (χ0) is 25.6. The Bertz CT molecular complexity index is 1330. The van der Waals surface area contributed by atoms with Gasteiger partial charge in [0.05, 0.1) is 34.9 Å². The molecule has 0 saturated carbocycles. The second-order valence-corrected chi connectivity index (χ2v) is 9.81. The van der Waals surface area contributed by atoms with E-state index in [1.165, 1.54) is 49.6 Å². The van der Waals surface area contributed by atoms with Crippen molar-refractivity contribution in [1.29, 1.82) is 0 Å². The molecule has 0 aliphatic rings. The van der Waals surface area contributed by atoms with Crippen LogP contribution in [0.3, 0.4) is 0 Å². The van der Waals surface area contributed by atoms with E-state index in [-0.39, 0.29) is 44.2 Å². The zero-order valence-corrected chi connectivity index (χ0v) is 21.2. The highest BCUT2D eigenvalue weighted by molar-refractivity contribution is 7.92. The van der Waals surface area contributed by atoms with Crippen LogP contribution in [0.15, 0.2) is 71.6 Å². The molecule has 3 aromatic rings. The molecule has 0 radical (unpaired) electrons. The van der Waals surface area contributed by atoms with Crippen LogP contribution in [0.5, 0.6) is 5.75 Å². The number of anilines is 2. The molecule has 0 bridgehead atoms. The predicted molar refractivity (Wildman–Crippen MR) is 135 cm³/mol. The van der Waals surface area contributed by atoms with Crippen molar-refractivity contribution in [3.05, 3.63) is 82.3 Å². The van der Waals surface area contributed by atoms with E-state index in [4.69, 9.17) is 32.7 Å². The summed E-state index contributed by atoms with van der Waals surface area (Å²) in [7, 11) is -2.81. The smallest absolute Gasteiger partial charge is 0.339 e. The highest BCUT2D eigenvalue weighted by Crippen LogP contribution is 2.35. The number of nitrogens with one attached hydrogen (secondary N) is 1. The second kappa shape index (κ2) is 11.4. The largest absolute Gasteiger partial charge is 0.495 e. The molecule has 3 aromatic carbocycles. The zero-order valence-electron chi connectivity index (χ0n) is 18.8. The Morgan fingerprint density at radius 2 is 1.71 bits per heavy atom. The summed E-state index contributed by atoms with van der Waals surface area (Å²) >= 11 is 12.2. The molecule has 0 aromatic heterocycles. The van der Waals surface area contributed by atoms with Gasteiger partial charge in [-0.05, 0) is 55.5 Å². The van der Waals surface area contributed by atoms with Crippen molar-refractivity contribution in [2.45, 2.75) is 11.8 Å². The van der Waals surface area contributed by atoms with Crippen LogP contribution in [-0.2, 0) is 19.6 Å². The normalized spacial score (nSPS) is 11.0. The summed E-state index contributed by atoms with van der Waals surface area (Å²) in [5.41, 5.74) is 0.386. The SMILES string of the molecule is CCOC(=O)c1cc(NC(=O)CN(c2cc(Cl)ccc2OC)S(=O)(=O)c2ccccc2)ccc1Cl. The average molecular weight is 537 g/mol. The summed E-state index contributed by atoms with van der Waals surface area (Å²) in [6.45, 7) is 1.20. The van der Waals surface area contributed by atoms with Gasteiger partial charge in [0, 0.05) is 10.7 Å². The topological polar surface area (TPSA) is 102 Å². The maximum atomic E-state index is 13.5. The monoisotopic (exact) mass is 536 g/mol. The van der Waals surface area contributed by atoms with Crippen molar-refractivity contribution in [2.75, 3.05) is 29.9 Å². The van der Waals surface area contributed by atoms with Crippen molar-refractivity contribution in [3.8, 4) is 5.75 Å². The van der Waals surface area contributed by atoms with Gasteiger partial charge in [-0.3, -0.25) is 9.10 Å². The highest BCUT2D eigenvalue weighted by atomic mass is 35.5. The third-order valence-electron chi connectivity index (χ3n) is 4.77. The first-order valence-corrected chi connectivity index (χ1v) is 12.5. The number of carbonyl (C=O) groups is 2. The van der Waals surface area contributed by atoms with Gasteiger partial charge >= 0.3 is 5.97 Å². The first-order chi connectivity index (χ1) is 16.7. The Hall–Kier alpha value is -3.27. The summed E-state index contributed by atoms with van der Waals surface area (Å²) < 4.78 is 38.3. The van der Waals surface area contributed by atoms with E-state index in [0.717, 1.165) is 4.31 Å². The number of hydrogen-bond acceptors (Lipinski definition) is 6. The molecule has 0 saturated heterocycles. The molecule has 1 amide bonds. The average Bonchev–Trinajstić information content (AvgIpc) is 2.84. The van der Waals surface area contributed by atoms with E-state index in [1.54, 1.807) is 31.2 Å². The van der Waals surface area contributed by atoms with Crippen LogP contribution < -0.4 is 14.4 Å². The lowest BCUT2D eigenvalue weighted by molar-refractivity contribution is -0.114. The number of amides is 1. The fourth-order valence-corrected chi connectivity index (χ4v) is 4.98. The van der Waals surface area contributed by atoms with Gasteiger partial charge in [-0.1, -0.05) is 41.4 Å². The summed E-state index contributed by atoms with van der Waals surface area (Å²) in [6.07, 6.45) is 0. The van der Waals surface area contributed by atoms with E-state index in [9.17, 15) is 18.0 Å². The Kier molecular flexibility index (Phi) is 8.61. The Morgan fingerprint density at radius 1 is 1.00 bits per heavy atom. The predicted octanol–water partition coefficient (Wildman–Crippen LogP) is 5.01. The van der Waals surface area contributed by atoms with Crippen LogP contribution in [0.25, 0.3) is 0 Å². The molecule has 0 heterocycles. The number of nitrogens with zero attached hydrogens (tertiary/aromatic N) is 1. The minimum atomic E-state index is -4.19. The molecule has 0 unspecified atom stereocenters. The maximum absolute atomic E-state index is 13.5. The summed E-state index contributed by atoms with van der Waals surface area (Å²) in [4.78, 5) is 25.1. The van der Waals surface area contributed by atoms with Gasteiger partial charge in [0.2, 0.25) is 5.91 Å². The van der Waals surface area contributed by atoms with Crippen LogP contribution >= 0.6 is 23.2 Å². The van der Waals surface area contributed by atoms with E-state index in [1.807, 2.05) is 0 Å². The van der Waals surface area contributed by atoms with Gasteiger partial charge in [0.1, 0.15) is 12.3 Å². The molecular formula is C24H22Cl2N2O6S. The quantitative estimate of drug-likeness (QED) is 0.385. The van der Waals surface area contributed by atoms with Gasteiger partial charge in [-0.2, -0.15) is 0 Å². The van der Waals surface area contributed by atoms with Gasteiger partial charge in [0.15, 0.2) is 0 Å². The van der Waals surface area contributed by atoms with E-state index >= 15 is 0 Å². The number of esters is 1. The highest BCUT2D eigenvalue weighted by Gasteiger charge is 2.30. The number of benzene rings is 3. The van der Waals surface area contributed by atoms with Gasteiger partial charge in [-0.25, -0.2) is 13.2 Å². The molecule has 35 heavy (non-hydrogen) atoms. The molecule has 0 fully saturated rings. The number of hydrogen-bond donors (Lipinski definition) is 1. The van der Waals surface area contributed by atoms with E-state index < -0.39 is 28.4 Å². The molecule has 3 rings (SSSR count). The van der Waals surface area contributed by atoms with Crippen molar-refractivity contribution < 1.29 is 27.5 Å². The van der Waals surface area contributed by atoms with Crippen LogP contribution in [0.2, 0.25) is 10.0 Å². The fourth-order valence-electron chi connectivity index (χ4n) is 3.18. The third-order valence-corrected chi connectivity index (χ3v) is 7.11. The molecule has 8 nitrogen and oxygen atoms in total. The molecule has 0 aliphatic carbocycles. The minimum Gasteiger partial charge on any atom is -0.495 e. The van der Waals surface area contributed by atoms with Gasteiger partial charge in [-0.15, -0.1) is 0 Å². The maximum Gasteiger partial charge on any atom is 0.339 e. The molecule has 0 spiro atoms. The summed E-state index contributed by atoms with van der Waals surface area (Å²) in [5.74, 6) is -1.12. The van der Waals surface area contributed by atoms with Crippen LogP contribution in [0, 0.1) is 0 Å². The Morgan fingerprint density at radius 3 is 2.37 bits per heavy atom. The van der Waals surface area contributed by atoms with Gasteiger partial charge in [0.25, 0.3) is 10.0 Å². The molecular weight excluding hydrogens is 515 g/mol. The molecule has 0 aliphatic heterocycles. The first-order valence-electron chi connectivity index (χ1n) is 10.3. The number of rotatable bonds is 9. The van der Waals surface area contributed by atoms with Crippen LogP contribution in [0.1, 0.15) is 17.3 Å². The molecule has 0 atom stereocenters. The molecule has 11 heteroatoms. The van der Waals surface area contributed by atoms with Crippen LogP contribution in [0.4, 0.5) is 11.4 Å². The number of halogens is 2.